The zero-order valence-corrected chi connectivity index (χ0v) is 6.84. The van der Waals surface area contributed by atoms with Crippen LogP contribution >= 0.6 is 0 Å². The van der Waals surface area contributed by atoms with E-state index in [0.717, 1.165) is 6.26 Å². The van der Waals surface area contributed by atoms with Gasteiger partial charge in [-0.25, -0.2) is 0 Å². The van der Waals surface area contributed by atoms with E-state index in [1.54, 1.807) is 0 Å². The van der Waals surface area contributed by atoms with Gasteiger partial charge in [0.15, 0.2) is 0 Å². The van der Waals surface area contributed by atoms with Gasteiger partial charge in [0.05, 0.1) is 0 Å². The van der Waals surface area contributed by atoms with Crippen LogP contribution in [0.1, 0.15) is 1.43 Å². The molecule has 1 N–H and O–H groups in total. The van der Waals surface area contributed by atoms with Crippen molar-refractivity contribution in [2.24, 2.45) is 0 Å². The first-order valence-corrected chi connectivity index (χ1v) is 2.48. The molecule has 0 heterocycles. The summed E-state index contributed by atoms with van der Waals surface area (Å²) in [6.45, 7) is 0. The summed E-state index contributed by atoms with van der Waals surface area (Å²) in [5, 5.41) is 7.39. The van der Waals surface area contributed by atoms with E-state index in [1.807, 2.05) is 0 Å². The van der Waals surface area contributed by atoms with E-state index in [0.29, 0.717) is 0 Å². The van der Waals surface area contributed by atoms with E-state index in [1.165, 1.54) is 0 Å². The van der Waals surface area contributed by atoms with Gasteiger partial charge in [-0.15, -0.1) is 5.26 Å². The van der Waals surface area contributed by atoms with Gasteiger partial charge in [0.25, 0.3) is 0 Å². The molecule has 0 saturated carbocycles. The third-order valence-electron chi connectivity index (χ3n) is 0.143. The number of hydrogen-bond donors (Lipinski definition) is 1. The monoisotopic (exact) mass is 147 g/mol. The predicted molar refractivity (Wildman–Crippen MR) is 19.4 cm³/mol. The van der Waals surface area contributed by atoms with E-state index < -0.39 is 10.4 Å². The smallest absolute Gasteiger partial charge is 1.00 e. The van der Waals surface area contributed by atoms with Crippen molar-refractivity contribution in [3.05, 3.63) is 0 Å². The Morgan fingerprint density at radius 2 is 2.12 bits per heavy atom. The van der Waals surface area contributed by atoms with Crippen molar-refractivity contribution in [3.63, 3.8) is 0 Å². The van der Waals surface area contributed by atoms with E-state index >= 15 is 0 Å². The zero-order chi connectivity index (χ0) is 5.91. The Balaban J connectivity index is -0.000000180. The largest absolute Gasteiger partial charge is 1.00 e. The average molecular weight is 147 g/mol. The number of rotatable bonds is 1. The third-order valence-corrected chi connectivity index (χ3v) is 0.428. The summed E-state index contributed by atoms with van der Waals surface area (Å²) in [6.07, 6.45) is 0.770. The van der Waals surface area contributed by atoms with Crippen molar-refractivity contribution < 1.29 is 48.1 Å². The van der Waals surface area contributed by atoms with Crippen LogP contribution in [0.2, 0.25) is 0 Å². The molecule has 0 amide bonds. The van der Waals surface area contributed by atoms with Crippen LogP contribution in [0.3, 0.4) is 0 Å². The molecule has 7 heteroatoms. The minimum absolute atomic E-state index is 0. The van der Waals surface area contributed by atoms with Crippen LogP contribution in [0.15, 0.2) is 0 Å². The molecule has 0 aromatic rings. The van der Waals surface area contributed by atoms with Crippen LogP contribution in [0.5, 0.6) is 0 Å². The molecule has 0 spiro atoms. The molecule has 0 bridgehead atoms. The summed E-state index contributed by atoms with van der Waals surface area (Å²) in [4.78, 5) is 0. The molecule has 0 fully saturated rings. The van der Waals surface area contributed by atoms with Gasteiger partial charge in [0.2, 0.25) is 0 Å². The van der Waals surface area contributed by atoms with Crippen LogP contribution in [0, 0.1) is 11.5 Å². The molecule has 42 valence electrons. The van der Waals surface area contributed by atoms with E-state index in [9.17, 15) is 8.42 Å². The molecule has 0 aliphatic heterocycles. The van der Waals surface area contributed by atoms with Crippen LogP contribution in [-0.2, 0) is 14.6 Å². The number of nitriles is 1. The second-order valence-corrected chi connectivity index (χ2v) is 1.62. The van der Waals surface area contributed by atoms with Gasteiger partial charge >= 0.3 is 46.2 Å². The van der Waals surface area contributed by atoms with Gasteiger partial charge in [-0.1, -0.05) is 0 Å². The van der Waals surface area contributed by atoms with E-state index in [2.05, 4.69) is 4.18 Å². The minimum atomic E-state index is -4.54. The zero-order valence-electron chi connectivity index (χ0n) is 5.03. The summed E-state index contributed by atoms with van der Waals surface area (Å²) in [5.41, 5.74) is 0. The Bertz CT molecular complexity index is 181. The molecular weight excluding hydrogens is 145 g/mol. The topological polar surface area (TPSA) is 87.4 Å². The van der Waals surface area contributed by atoms with Crippen molar-refractivity contribution >= 4 is 10.4 Å². The first kappa shape index (κ1) is 11.1. The van der Waals surface area contributed by atoms with Crippen molar-refractivity contribution in [1.29, 1.82) is 5.26 Å². The fourth-order valence-corrected chi connectivity index (χ4v) is 0.141. The molecule has 0 rings (SSSR count). The van der Waals surface area contributed by atoms with Gasteiger partial charge in [0.1, 0.15) is 0 Å². The molecule has 0 aromatic carbocycles. The van der Waals surface area contributed by atoms with Crippen LogP contribution in [0.25, 0.3) is 0 Å². The Morgan fingerprint density at radius 3 is 2.12 bits per heavy atom. The van der Waals surface area contributed by atoms with Crippen LogP contribution in [-0.4, -0.2) is 13.0 Å². The molecule has 0 aromatic heterocycles. The second kappa shape index (κ2) is 4.12. The minimum Gasteiger partial charge on any atom is -1.00 e. The fraction of sp³-hybridized carbons (Fsp3) is 0. The molecule has 0 atom stereocenters. The molecule has 0 unspecified atom stereocenters. The van der Waals surface area contributed by atoms with Gasteiger partial charge in [0, 0.05) is 0 Å². The standard InChI is InChI=1S/CHNO4S.Na.H/c2-1-6-7(3,4)5;;/h(H,3,4,5);;/q;+1;-1. The van der Waals surface area contributed by atoms with Gasteiger partial charge in [-0.3, -0.25) is 8.74 Å². The Kier molecular flexibility index (Phi) is 5.69. The van der Waals surface area contributed by atoms with E-state index in [-0.39, 0.29) is 31.0 Å². The summed E-state index contributed by atoms with van der Waals surface area (Å²) >= 11 is 0. The maximum atomic E-state index is 9.34. The van der Waals surface area contributed by atoms with Crippen molar-refractivity contribution in [2.45, 2.75) is 0 Å². The molecule has 0 saturated heterocycles. The molecule has 5 nitrogen and oxygen atoms in total. The summed E-state index contributed by atoms with van der Waals surface area (Å²) in [6, 6.07) is 0. The van der Waals surface area contributed by atoms with E-state index in [4.69, 9.17) is 9.81 Å². The van der Waals surface area contributed by atoms with Crippen LogP contribution < -0.4 is 29.6 Å². The molecule has 0 aliphatic rings. The predicted octanol–water partition coefficient (Wildman–Crippen LogP) is -3.60. The number of hydrogen-bond acceptors (Lipinski definition) is 4. The Morgan fingerprint density at radius 1 is 1.75 bits per heavy atom. The summed E-state index contributed by atoms with van der Waals surface area (Å²) in [7, 11) is -4.54. The normalized spacial score (nSPS) is 8.50. The van der Waals surface area contributed by atoms with Gasteiger partial charge in [-0.2, -0.15) is 8.42 Å². The molecular formula is CH2NNaO4S. The van der Waals surface area contributed by atoms with Gasteiger partial charge in [-0.05, 0) is 0 Å². The Labute approximate surface area is 70.0 Å². The maximum Gasteiger partial charge on any atom is 1.00 e. The molecule has 8 heavy (non-hydrogen) atoms. The van der Waals surface area contributed by atoms with Crippen LogP contribution in [0.4, 0.5) is 0 Å². The fourth-order valence-electron chi connectivity index (χ4n) is 0.0471. The SMILES string of the molecule is N#COS(=O)(=O)O.[H-].[Na+]. The molecule has 0 aliphatic carbocycles. The second-order valence-electron chi connectivity index (χ2n) is 0.602. The van der Waals surface area contributed by atoms with Gasteiger partial charge < -0.3 is 1.43 Å². The first-order valence-electron chi connectivity index (χ1n) is 1.11. The summed E-state index contributed by atoms with van der Waals surface area (Å²) < 4.78 is 29.3. The summed E-state index contributed by atoms with van der Waals surface area (Å²) in [5.74, 6) is 0. The quantitative estimate of drug-likeness (QED) is 0.235. The molecule has 0 radical (unpaired) electrons. The average Bonchev–Trinajstić information content (AvgIpc) is 1.30. The maximum absolute atomic E-state index is 9.34. The van der Waals surface area contributed by atoms with Crippen molar-refractivity contribution in [2.75, 3.05) is 0 Å². The van der Waals surface area contributed by atoms with Crippen molar-refractivity contribution in [3.8, 4) is 6.26 Å². The third kappa shape index (κ3) is 9.50. The number of nitrogens with zero attached hydrogens (tertiary/aromatic N) is 1. The first-order chi connectivity index (χ1) is 3.06. The van der Waals surface area contributed by atoms with Crippen molar-refractivity contribution in [1.82, 2.24) is 0 Å². The Hall–Kier alpha value is 0.200.